The fourth-order valence-electron chi connectivity index (χ4n) is 6.25. The second-order valence-electron chi connectivity index (χ2n) is 11.3. The molecule has 6 aromatic carbocycles. The van der Waals surface area contributed by atoms with E-state index in [9.17, 15) is 0 Å². The summed E-state index contributed by atoms with van der Waals surface area (Å²) < 4.78 is 3.70. The van der Waals surface area contributed by atoms with Gasteiger partial charge in [-0.15, -0.1) is 11.3 Å². The van der Waals surface area contributed by atoms with Crippen LogP contribution >= 0.6 is 11.3 Å². The van der Waals surface area contributed by atoms with Crippen molar-refractivity contribution in [1.82, 2.24) is 19.4 Å². The number of aromatic nitrogens is 4. The van der Waals surface area contributed by atoms with Crippen molar-refractivity contribution in [1.29, 1.82) is 0 Å². The molecule has 0 unspecified atom stereocenters. The van der Waals surface area contributed by atoms with Gasteiger partial charge >= 0.3 is 0 Å². The van der Waals surface area contributed by atoms with Gasteiger partial charge in [0, 0.05) is 27.6 Å². The molecule has 0 spiro atoms. The van der Waals surface area contributed by atoms with Crippen LogP contribution in [0.25, 0.3) is 82.4 Å². The van der Waals surface area contributed by atoms with Crippen molar-refractivity contribution in [2.75, 3.05) is 0 Å². The first-order chi connectivity index (χ1) is 22.8. The second-order valence-corrected chi connectivity index (χ2v) is 12.3. The maximum Gasteiger partial charge on any atom is 0.164 e. The third-order valence-corrected chi connectivity index (χ3v) is 9.62. The van der Waals surface area contributed by atoms with Gasteiger partial charge in [-0.2, -0.15) is 0 Å². The number of hydrogen-bond acceptors (Lipinski definition) is 4. The first kappa shape index (κ1) is 26.5. The Hall–Kier alpha value is -5.91. The zero-order chi connectivity index (χ0) is 30.5. The van der Waals surface area contributed by atoms with Gasteiger partial charge in [-0.1, -0.05) is 140 Å². The van der Waals surface area contributed by atoms with Crippen LogP contribution < -0.4 is 0 Å². The van der Waals surface area contributed by atoms with Crippen LogP contribution in [0.1, 0.15) is 0 Å². The lowest BCUT2D eigenvalue weighted by molar-refractivity contribution is 1.07. The molecular formula is C41H26N4S. The van der Waals surface area contributed by atoms with E-state index in [2.05, 4.69) is 101 Å². The molecule has 3 aromatic heterocycles. The van der Waals surface area contributed by atoms with Gasteiger partial charge in [-0.25, -0.2) is 15.0 Å². The van der Waals surface area contributed by atoms with Gasteiger partial charge in [0.25, 0.3) is 0 Å². The Morgan fingerprint density at radius 2 is 0.870 bits per heavy atom. The molecular weight excluding hydrogens is 581 g/mol. The van der Waals surface area contributed by atoms with E-state index in [1.54, 1.807) is 0 Å². The SMILES string of the molecule is c1ccc(-c2ccc3c(-c4ccc(-c5nc(-c6ccccc6)nc(-c6ccccc6)n5)cc4)c4sc5ccccc5n4c3c2)cc1. The van der Waals surface area contributed by atoms with Crippen molar-refractivity contribution >= 4 is 37.3 Å². The van der Waals surface area contributed by atoms with E-state index in [4.69, 9.17) is 15.0 Å². The first-order valence-electron chi connectivity index (χ1n) is 15.3. The van der Waals surface area contributed by atoms with Crippen molar-refractivity contribution < 1.29 is 0 Å². The topological polar surface area (TPSA) is 43.1 Å². The second kappa shape index (κ2) is 10.9. The molecule has 9 rings (SSSR count). The van der Waals surface area contributed by atoms with Crippen molar-refractivity contribution in [2.45, 2.75) is 0 Å². The van der Waals surface area contributed by atoms with E-state index in [0.717, 1.165) is 22.3 Å². The Labute approximate surface area is 269 Å². The van der Waals surface area contributed by atoms with Crippen molar-refractivity contribution in [3.63, 3.8) is 0 Å². The van der Waals surface area contributed by atoms with Gasteiger partial charge in [0.15, 0.2) is 17.5 Å². The molecule has 0 radical (unpaired) electrons. The van der Waals surface area contributed by atoms with Gasteiger partial charge in [0.2, 0.25) is 0 Å². The highest BCUT2D eigenvalue weighted by Crippen LogP contribution is 2.43. The molecule has 46 heavy (non-hydrogen) atoms. The first-order valence-corrected chi connectivity index (χ1v) is 16.1. The summed E-state index contributed by atoms with van der Waals surface area (Å²) >= 11 is 1.84. The summed E-state index contributed by atoms with van der Waals surface area (Å²) in [5.41, 5.74) is 10.1. The molecule has 216 valence electrons. The van der Waals surface area contributed by atoms with Crippen molar-refractivity contribution in [3.8, 4) is 56.4 Å². The van der Waals surface area contributed by atoms with Crippen LogP contribution in [0, 0.1) is 0 Å². The van der Waals surface area contributed by atoms with E-state index >= 15 is 0 Å². The molecule has 5 heteroatoms. The fourth-order valence-corrected chi connectivity index (χ4v) is 7.48. The van der Waals surface area contributed by atoms with Gasteiger partial charge in [0.05, 0.1) is 15.7 Å². The quantitative estimate of drug-likeness (QED) is 0.196. The molecule has 0 bridgehead atoms. The van der Waals surface area contributed by atoms with Crippen LogP contribution in [0.5, 0.6) is 0 Å². The summed E-state index contributed by atoms with van der Waals surface area (Å²) in [5, 5.41) is 1.24. The zero-order valence-corrected chi connectivity index (χ0v) is 25.5. The summed E-state index contributed by atoms with van der Waals surface area (Å²) in [6.07, 6.45) is 0. The number of para-hydroxylation sites is 1. The molecule has 0 atom stereocenters. The lowest BCUT2D eigenvalue weighted by atomic mass is 10.00. The summed E-state index contributed by atoms with van der Waals surface area (Å²) in [6.45, 7) is 0. The summed E-state index contributed by atoms with van der Waals surface area (Å²) in [4.78, 5) is 16.0. The van der Waals surface area contributed by atoms with E-state index in [-0.39, 0.29) is 0 Å². The van der Waals surface area contributed by atoms with E-state index in [0.29, 0.717) is 17.5 Å². The third-order valence-electron chi connectivity index (χ3n) is 8.48. The number of fused-ring (bicyclic) bond motifs is 5. The maximum atomic E-state index is 4.93. The molecule has 0 aliphatic rings. The molecule has 0 aliphatic carbocycles. The van der Waals surface area contributed by atoms with Gasteiger partial charge in [-0.05, 0) is 34.9 Å². The number of hydrogen-bond donors (Lipinski definition) is 0. The summed E-state index contributed by atoms with van der Waals surface area (Å²) in [7, 11) is 0. The lowest BCUT2D eigenvalue weighted by Gasteiger charge is -2.09. The van der Waals surface area contributed by atoms with Crippen LogP contribution in [-0.4, -0.2) is 19.4 Å². The lowest BCUT2D eigenvalue weighted by Crippen LogP contribution is -2.00. The van der Waals surface area contributed by atoms with Crippen LogP contribution in [0.2, 0.25) is 0 Å². The minimum Gasteiger partial charge on any atom is -0.299 e. The van der Waals surface area contributed by atoms with Crippen LogP contribution in [0.3, 0.4) is 0 Å². The predicted octanol–water partition coefficient (Wildman–Crippen LogP) is 10.8. The average molecular weight is 607 g/mol. The number of rotatable bonds is 5. The van der Waals surface area contributed by atoms with E-state index in [1.807, 2.05) is 72.0 Å². The molecule has 9 aromatic rings. The fraction of sp³-hybridized carbons (Fsp3) is 0. The number of nitrogens with zero attached hydrogens (tertiary/aromatic N) is 4. The molecule has 0 fully saturated rings. The minimum absolute atomic E-state index is 0.653. The standard InChI is InChI=1S/C41H26N4S/c1-4-12-27(13-5-1)32-24-25-33-35(26-32)45-34-18-10-11-19-36(34)46-41(45)37(33)28-20-22-31(23-21-28)40-43-38(29-14-6-2-7-15-29)42-39(44-40)30-16-8-3-9-17-30/h1-26H. The molecule has 3 heterocycles. The van der Waals surface area contributed by atoms with Crippen LogP contribution in [0.15, 0.2) is 158 Å². The highest BCUT2D eigenvalue weighted by Gasteiger charge is 2.19. The van der Waals surface area contributed by atoms with E-state index in [1.165, 1.54) is 42.6 Å². The predicted molar refractivity (Wildman–Crippen MR) is 191 cm³/mol. The zero-order valence-electron chi connectivity index (χ0n) is 24.7. The number of benzene rings is 6. The van der Waals surface area contributed by atoms with Gasteiger partial charge < -0.3 is 0 Å². The Balaban J connectivity index is 1.20. The highest BCUT2D eigenvalue weighted by molar-refractivity contribution is 7.24. The molecule has 0 amide bonds. The third kappa shape index (κ3) is 4.48. The molecule has 0 saturated carbocycles. The number of thiazole rings is 1. The van der Waals surface area contributed by atoms with Gasteiger partial charge in [0.1, 0.15) is 4.83 Å². The molecule has 0 N–H and O–H groups in total. The Morgan fingerprint density at radius 3 is 1.48 bits per heavy atom. The highest BCUT2D eigenvalue weighted by atomic mass is 32.1. The summed E-state index contributed by atoms with van der Waals surface area (Å²) in [6, 6.07) is 55.0. The van der Waals surface area contributed by atoms with E-state index < -0.39 is 0 Å². The smallest absolute Gasteiger partial charge is 0.164 e. The Kier molecular flexibility index (Phi) is 6.28. The average Bonchev–Trinajstić information content (AvgIpc) is 3.67. The van der Waals surface area contributed by atoms with Crippen LogP contribution in [-0.2, 0) is 0 Å². The summed E-state index contributed by atoms with van der Waals surface area (Å²) in [5.74, 6) is 1.97. The van der Waals surface area contributed by atoms with Crippen molar-refractivity contribution in [2.24, 2.45) is 0 Å². The largest absolute Gasteiger partial charge is 0.299 e. The monoisotopic (exact) mass is 606 g/mol. The Morgan fingerprint density at radius 1 is 0.391 bits per heavy atom. The minimum atomic E-state index is 0.653. The maximum absolute atomic E-state index is 4.93. The molecule has 4 nitrogen and oxygen atoms in total. The van der Waals surface area contributed by atoms with Crippen molar-refractivity contribution in [3.05, 3.63) is 158 Å². The van der Waals surface area contributed by atoms with Crippen LogP contribution in [0.4, 0.5) is 0 Å². The Bertz CT molecular complexity index is 2440. The van der Waals surface area contributed by atoms with Gasteiger partial charge in [-0.3, -0.25) is 4.40 Å². The molecule has 0 aliphatic heterocycles. The molecule has 0 saturated heterocycles. The normalized spacial score (nSPS) is 11.5.